The maximum absolute atomic E-state index is 13.2. The highest BCUT2D eigenvalue weighted by atomic mass is 35.5. The molecule has 1 aliphatic heterocycles. The van der Waals surface area contributed by atoms with E-state index in [-0.39, 0.29) is 36.0 Å². The zero-order valence-corrected chi connectivity index (χ0v) is 20.8. The number of hydrogen-bond acceptors (Lipinski definition) is 7. The predicted molar refractivity (Wildman–Crippen MR) is 136 cm³/mol. The number of carbonyl (C=O) groups is 1. The standard InChI is InChI=1S/C23H30N6O2S.ClH/c1-15(2)29-18(11-12-24-3)26-21-19(22(29)31)27-23(32-21)28-13-7-10-17(28)20(30)25-14-16-8-5-4-6-9-16;/h4-6,8-9,15,17,24H,7,10-14H2,1-3H3,(H,25,30);1H. The number of amides is 1. The molecule has 33 heavy (non-hydrogen) atoms. The van der Waals surface area contributed by atoms with Crippen LogP contribution in [0.5, 0.6) is 0 Å². The lowest BCUT2D eigenvalue weighted by molar-refractivity contribution is -0.122. The highest BCUT2D eigenvalue weighted by molar-refractivity contribution is 7.21. The molecule has 0 bridgehead atoms. The van der Waals surface area contributed by atoms with Gasteiger partial charge in [0, 0.05) is 32.1 Å². The molecular formula is C23H31ClN6O2S. The Morgan fingerprint density at radius 1 is 1.24 bits per heavy atom. The highest BCUT2D eigenvalue weighted by Gasteiger charge is 2.33. The van der Waals surface area contributed by atoms with Crippen molar-refractivity contribution < 1.29 is 4.79 Å². The monoisotopic (exact) mass is 490 g/mol. The maximum Gasteiger partial charge on any atom is 0.281 e. The third-order valence-corrected chi connectivity index (χ3v) is 6.74. The van der Waals surface area contributed by atoms with E-state index in [1.807, 2.05) is 56.1 Å². The van der Waals surface area contributed by atoms with Crippen LogP contribution in [0.1, 0.15) is 44.1 Å². The molecule has 0 saturated carbocycles. The van der Waals surface area contributed by atoms with Crippen molar-refractivity contribution in [2.24, 2.45) is 0 Å². The van der Waals surface area contributed by atoms with Crippen molar-refractivity contribution in [2.45, 2.75) is 51.7 Å². The van der Waals surface area contributed by atoms with Gasteiger partial charge in [0.1, 0.15) is 11.9 Å². The molecule has 3 aromatic rings. The van der Waals surface area contributed by atoms with Crippen LogP contribution in [0.3, 0.4) is 0 Å². The minimum absolute atomic E-state index is 0. The molecule has 1 unspecified atom stereocenters. The van der Waals surface area contributed by atoms with E-state index >= 15 is 0 Å². The molecule has 4 rings (SSSR count). The SMILES string of the molecule is CNCCc1nc2sc(N3CCCC3C(=O)NCc3ccccc3)nc2c(=O)n1C(C)C.Cl. The maximum atomic E-state index is 13.2. The average molecular weight is 491 g/mol. The number of nitrogens with one attached hydrogen (secondary N) is 2. The van der Waals surface area contributed by atoms with Crippen LogP contribution >= 0.6 is 23.7 Å². The first-order valence-electron chi connectivity index (χ1n) is 11.1. The van der Waals surface area contributed by atoms with Crippen LogP contribution in [-0.2, 0) is 17.8 Å². The van der Waals surface area contributed by atoms with Crippen LogP contribution in [0.15, 0.2) is 35.1 Å². The molecule has 3 heterocycles. The summed E-state index contributed by atoms with van der Waals surface area (Å²) in [7, 11) is 1.89. The van der Waals surface area contributed by atoms with Gasteiger partial charge in [-0.1, -0.05) is 41.7 Å². The normalized spacial score (nSPS) is 15.8. The van der Waals surface area contributed by atoms with Gasteiger partial charge in [-0.25, -0.2) is 9.97 Å². The van der Waals surface area contributed by atoms with Crippen molar-refractivity contribution in [3.05, 3.63) is 52.1 Å². The first-order valence-corrected chi connectivity index (χ1v) is 12.0. The Morgan fingerprint density at radius 2 is 2.00 bits per heavy atom. The van der Waals surface area contributed by atoms with Crippen molar-refractivity contribution >= 4 is 45.1 Å². The van der Waals surface area contributed by atoms with E-state index in [2.05, 4.69) is 15.6 Å². The molecule has 0 aliphatic carbocycles. The minimum atomic E-state index is -0.282. The number of carbonyl (C=O) groups excluding carboxylic acids is 1. The second-order valence-electron chi connectivity index (χ2n) is 8.36. The first kappa shape index (κ1) is 25.1. The molecule has 1 saturated heterocycles. The lowest BCUT2D eigenvalue weighted by Gasteiger charge is -2.23. The number of hydrogen-bond donors (Lipinski definition) is 2. The quantitative estimate of drug-likeness (QED) is 0.504. The van der Waals surface area contributed by atoms with Crippen LogP contribution in [0.4, 0.5) is 5.13 Å². The summed E-state index contributed by atoms with van der Waals surface area (Å²) in [6, 6.07) is 9.60. The summed E-state index contributed by atoms with van der Waals surface area (Å²) >= 11 is 1.40. The topological polar surface area (TPSA) is 92.2 Å². The van der Waals surface area contributed by atoms with Gasteiger partial charge in [0.25, 0.3) is 5.56 Å². The Hall–Kier alpha value is -2.49. The summed E-state index contributed by atoms with van der Waals surface area (Å²) in [6.07, 6.45) is 2.35. The van der Waals surface area contributed by atoms with Gasteiger partial charge >= 0.3 is 0 Å². The van der Waals surface area contributed by atoms with Crippen LogP contribution in [-0.4, -0.2) is 46.6 Å². The van der Waals surface area contributed by atoms with Gasteiger partial charge < -0.3 is 15.5 Å². The highest BCUT2D eigenvalue weighted by Crippen LogP contribution is 2.32. The molecular weight excluding hydrogens is 460 g/mol. The van der Waals surface area contributed by atoms with Crippen molar-refractivity contribution in [3.63, 3.8) is 0 Å². The van der Waals surface area contributed by atoms with Crippen LogP contribution < -0.4 is 21.1 Å². The molecule has 2 aromatic heterocycles. The number of benzene rings is 1. The molecule has 1 fully saturated rings. The number of thiazole rings is 1. The third-order valence-electron chi connectivity index (χ3n) is 5.75. The molecule has 0 radical (unpaired) electrons. The van der Waals surface area contributed by atoms with Gasteiger partial charge in [0.2, 0.25) is 5.91 Å². The summed E-state index contributed by atoms with van der Waals surface area (Å²) in [5.41, 5.74) is 1.35. The summed E-state index contributed by atoms with van der Waals surface area (Å²) < 4.78 is 1.73. The van der Waals surface area contributed by atoms with Gasteiger partial charge in [0.15, 0.2) is 15.5 Å². The lowest BCUT2D eigenvalue weighted by atomic mass is 10.2. The fourth-order valence-corrected chi connectivity index (χ4v) is 5.18. The summed E-state index contributed by atoms with van der Waals surface area (Å²) in [5, 5.41) is 6.87. The van der Waals surface area contributed by atoms with Crippen molar-refractivity contribution in [3.8, 4) is 0 Å². The number of aromatic nitrogens is 3. The fourth-order valence-electron chi connectivity index (χ4n) is 4.16. The number of rotatable bonds is 8. The van der Waals surface area contributed by atoms with E-state index in [1.165, 1.54) is 11.3 Å². The van der Waals surface area contributed by atoms with Crippen molar-refractivity contribution in [1.82, 2.24) is 25.2 Å². The lowest BCUT2D eigenvalue weighted by Crippen LogP contribution is -2.43. The molecule has 1 atom stereocenters. The number of likely N-dealkylation sites (N-methyl/N-ethyl adjacent to an activating group) is 1. The Balaban J connectivity index is 0.00000306. The summed E-state index contributed by atoms with van der Waals surface area (Å²) in [5.74, 6) is 0.758. The molecule has 1 aliphatic rings. The van der Waals surface area contributed by atoms with Crippen LogP contribution in [0.2, 0.25) is 0 Å². The third kappa shape index (κ3) is 5.37. The fraction of sp³-hybridized carbons (Fsp3) is 0.478. The minimum Gasteiger partial charge on any atom is -0.350 e. The van der Waals surface area contributed by atoms with E-state index < -0.39 is 0 Å². The molecule has 178 valence electrons. The van der Waals surface area contributed by atoms with Crippen LogP contribution in [0.25, 0.3) is 10.3 Å². The molecule has 8 nitrogen and oxygen atoms in total. The number of halogens is 1. The largest absolute Gasteiger partial charge is 0.350 e. The van der Waals surface area contributed by atoms with Crippen molar-refractivity contribution in [2.75, 3.05) is 25.0 Å². The Bertz CT molecular complexity index is 1150. The van der Waals surface area contributed by atoms with Crippen LogP contribution in [0, 0.1) is 0 Å². The zero-order chi connectivity index (χ0) is 22.7. The van der Waals surface area contributed by atoms with E-state index in [1.54, 1.807) is 4.57 Å². The van der Waals surface area contributed by atoms with Gasteiger partial charge in [-0.2, -0.15) is 0 Å². The predicted octanol–water partition coefficient (Wildman–Crippen LogP) is 2.90. The molecule has 0 spiro atoms. The summed E-state index contributed by atoms with van der Waals surface area (Å²) in [4.78, 5) is 38.3. The number of fused-ring (bicyclic) bond motifs is 1. The van der Waals surface area contributed by atoms with E-state index in [0.29, 0.717) is 28.4 Å². The second kappa shape index (κ2) is 11.1. The molecule has 1 aromatic carbocycles. The number of nitrogens with zero attached hydrogens (tertiary/aromatic N) is 4. The van der Waals surface area contributed by atoms with E-state index in [4.69, 9.17) is 4.98 Å². The first-order chi connectivity index (χ1) is 15.5. The smallest absolute Gasteiger partial charge is 0.281 e. The molecule has 10 heteroatoms. The molecule has 2 N–H and O–H groups in total. The van der Waals surface area contributed by atoms with Crippen molar-refractivity contribution in [1.29, 1.82) is 0 Å². The second-order valence-corrected chi connectivity index (χ2v) is 9.31. The van der Waals surface area contributed by atoms with E-state index in [9.17, 15) is 9.59 Å². The van der Waals surface area contributed by atoms with Gasteiger partial charge in [-0.15, -0.1) is 12.4 Å². The Labute approximate surface area is 203 Å². The van der Waals surface area contributed by atoms with Gasteiger partial charge in [0.05, 0.1) is 0 Å². The summed E-state index contributed by atoms with van der Waals surface area (Å²) in [6.45, 7) is 5.96. The average Bonchev–Trinajstić information content (AvgIpc) is 3.43. The van der Waals surface area contributed by atoms with Gasteiger partial charge in [-0.3, -0.25) is 14.2 Å². The number of anilines is 1. The van der Waals surface area contributed by atoms with E-state index in [0.717, 1.165) is 37.3 Å². The Morgan fingerprint density at radius 3 is 2.70 bits per heavy atom. The van der Waals surface area contributed by atoms with Gasteiger partial charge in [-0.05, 0) is 39.3 Å². The Kier molecular flexibility index (Phi) is 8.45. The zero-order valence-electron chi connectivity index (χ0n) is 19.2. The molecule has 1 amide bonds.